The monoisotopic (exact) mass is 266 g/mol. The van der Waals surface area contributed by atoms with Crippen molar-refractivity contribution in [1.29, 1.82) is 0 Å². The number of carbonyl (C=O) groups is 1. The first-order valence-corrected chi connectivity index (χ1v) is 6.61. The minimum Gasteiger partial charge on any atom is -0.460 e. The fourth-order valence-corrected chi connectivity index (χ4v) is 1.88. The first-order valence-electron chi connectivity index (χ1n) is 5.17. The van der Waals surface area contributed by atoms with Crippen LogP contribution in [0.15, 0.2) is 12.7 Å². The predicted molar refractivity (Wildman–Crippen MR) is 62.0 cm³/mol. The van der Waals surface area contributed by atoms with Gasteiger partial charge in [0.1, 0.15) is 6.61 Å². The summed E-state index contributed by atoms with van der Waals surface area (Å²) in [5.41, 5.74) is 0. The van der Waals surface area contributed by atoms with Crippen LogP contribution in [0.4, 0.5) is 0 Å². The Morgan fingerprint density at radius 1 is 1.47 bits per heavy atom. The second kappa shape index (κ2) is 6.73. The van der Waals surface area contributed by atoms with Crippen molar-refractivity contribution in [2.75, 3.05) is 13.2 Å². The van der Waals surface area contributed by atoms with Crippen molar-refractivity contribution in [2.45, 2.75) is 31.6 Å². The molecule has 1 unspecified atom stereocenters. The van der Waals surface area contributed by atoms with E-state index in [2.05, 4.69) is 11.3 Å². The van der Waals surface area contributed by atoms with Crippen LogP contribution in [0, 0.1) is 0 Å². The first kappa shape index (κ1) is 16.1. The highest BCUT2D eigenvalue weighted by Gasteiger charge is 2.38. The van der Waals surface area contributed by atoms with Crippen LogP contribution in [-0.2, 0) is 24.4 Å². The highest BCUT2D eigenvalue weighted by atomic mass is 32.2. The average Bonchev–Trinajstić information content (AvgIpc) is 2.23. The van der Waals surface area contributed by atoms with E-state index in [1.54, 1.807) is 6.92 Å². The largest absolute Gasteiger partial charge is 0.460 e. The molecule has 0 amide bonds. The van der Waals surface area contributed by atoms with Gasteiger partial charge in [0, 0.05) is 6.08 Å². The third-order valence-corrected chi connectivity index (χ3v) is 3.56. The summed E-state index contributed by atoms with van der Waals surface area (Å²) in [5.74, 6) is -0.613. The van der Waals surface area contributed by atoms with Gasteiger partial charge in [-0.05, 0) is 13.3 Å². The Morgan fingerprint density at radius 3 is 2.47 bits per heavy atom. The number of carbonyl (C=O) groups excluding carboxylic acids is 1. The minimum atomic E-state index is -4.32. The standard InChI is InChI=1S/C10H18O6S/c1-4-6-10(3,17(12,13)14)16-8-7-15-9(11)5-2/h5H,2,4,6-8H2,1,3H3,(H,12,13,14). The SMILES string of the molecule is C=CC(=O)OCCOC(C)(CCC)S(=O)(=O)O. The van der Waals surface area contributed by atoms with Gasteiger partial charge in [-0.15, -0.1) is 0 Å². The summed E-state index contributed by atoms with van der Waals surface area (Å²) in [6, 6.07) is 0. The molecule has 6 nitrogen and oxygen atoms in total. The molecule has 0 aliphatic heterocycles. The molecule has 0 rings (SSSR count). The van der Waals surface area contributed by atoms with Gasteiger partial charge in [-0.2, -0.15) is 8.42 Å². The normalized spacial score (nSPS) is 15.0. The van der Waals surface area contributed by atoms with E-state index in [0.29, 0.717) is 6.42 Å². The molecule has 0 fully saturated rings. The third-order valence-electron chi connectivity index (χ3n) is 2.15. The Morgan fingerprint density at radius 2 is 2.06 bits per heavy atom. The molecule has 1 atom stereocenters. The van der Waals surface area contributed by atoms with E-state index in [0.717, 1.165) is 6.08 Å². The van der Waals surface area contributed by atoms with Crippen LogP contribution in [0.3, 0.4) is 0 Å². The summed E-state index contributed by atoms with van der Waals surface area (Å²) in [7, 11) is -4.32. The Kier molecular flexibility index (Phi) is 6.36. The van der Waals surface area contributed by atoms with Crippen LogP contribution in [0.25, 0.3) is 0 Å². The molecule has 0 saturated heterocycles. The van der Waals surface area contributed by atoms with Crippen molar-refractivity contribution in [3.05, 3.63) is 12.7 Å². The summed E-state index contributed by atoms with van der Waals surface area (Å²) < 4.78 is 41.0. The lowest BCUT2D eigenvalue weighted by Crippen LogP contribution is -2.39. The smallest absolute Gasteiger partial charge is 0.330 e. The van der Waals surface area contributed by atoms with Crippen molar-refractivity contribution in [3.8, 4) is 0 Å². The van der Waals surface area contributed by atoms with Gasteiger partial charge in [-0.1, -0.05) is 19.9 Å². The Balaban J connectivity index is 4.30. The average molecular weight is 266 g/mol. The van der Waals surface area contributed by atoms with Gasteiger partial charge < -0.3 is 9.47 Å². The lowest BCUT2D eigenvalue weighted by molar-refractivity contribution is -0.140. The molecule has 0 aliphatic rings. The minimum absolute atomic E-state index is 0.0975. The predicted octanol–water partition coefficient (Wildman–Crippen LogP) is 1.14. The maximum absolute atomic E-state index is 11.1. The molecular weight excluding hydrogens is 248 g/mol. The second-order valence-electron chi connectivity index (χ2n) is 3.58. The second-order valence-corrected chi connectivity index (χ2v) is 5.39. The zero-order chi connectivity index (χ0) is 13.5. The molecule has 0 aromatic rings. The van der Waals surface area contributed by atoms with E-state index in [4.69, 9.17) is 9.29 Å². The zero-order valence-corrected chi connectivity index (χ0v) is 10.8. The van der Waals surface area contributed by atoms with Gasteiger partial charge >= 0.3 is 5.97 Å². The Labute approximate surface area is 101 Å². The number of esters is 1. The van der Waals surface area contributed by atoms with Crippen LogP contribution < -0.4 is 0 Å². The van der Waals surface area contributed by atoms with Crippen molar-refractivity contribution in [2.24, 2.45) is 0 Å². The summed E-state index contributed by atoms with van der Waals surface area (Å²) in [4.78, 5) is 9.03. The zero-order valence-electron chi connectivity index (χ0n) is 10.0. The molecule has 7 heteroatoms. The van der Waals surface area contributed by atoms with Crippen LogP contribution in [0.5, 0.6) is 0 Å². The Bertz CT molecular complexity index is 361. The number of ether oxygens (including phenoxy) is 2. The lowest BCUT2D eigenvalue weighted by atomic mass is 10.2. The lowest BCUT2D eigenvalue weighted by Gasteiger charge is -2.25. The van der Waals surface area contributed by atoms with E-state index < -0.39 is 21.0 Å². The maximum Gasteiger partial charge on any atom is 0.330 e. The molecular formula is C10H18O6S. The molecule has 0 aliphatic carbocycles. The van der Waals surface area contributed by atoms with Gasteiger partial charge in [-0.3, -0.25) is 4.55 Å². The molecule has 1 N–H and O–H groups in total. The molecule has 0 heterocycles. The molecule has 0 spiro atoms. The van der Waals surface area contributed by atoms with Crippen molar-refractivity contribution < 1.29 is 27.2 Å². The topological polar surface area (TPSA) is 89.9 Å². The number of rotatable bonds is 8. The van der Waals surface area contributed by atoms with Crippen LogP contribution in [-0.4, -0.2) is 37.1 Å². The third kappa shape index (κ3) is 5.29. The van der Waals surface area contributed by atoms with E-state index in [-0.39, 0.29) is 19.6 Å². The van der Waals surface area contributed by atoms with E-state index in [1.807, 2.05) is 0 Å². The van der Waals surface area contributed by atoms with Gasteiger partial charge in [-0.25, -0.2) is 4.79 Å². The van der Waals surface area contributed by atoms with Crippen molar-refractivity contribution in [3.63, 3.8) is 0 Å². The molecule has 0 saturated carbocycles. The highest BCUT2D eigenvalue weighted by Crippen LogP contribution is 2.23. The fourth-order valence-electron chi connectivity index (χ4n) is 1.19. The molecule has 0 aromatic heterocycles. The summed E-state index contributed by atoms with van der Waals surface area (Å²) >= 11 is 0. The maximum atomic E-state index is 11.1. The first-order chi connectivity index (χ1) is 7.77. The summed E-state index contributed by atoms with van der Waals surface area (Å²) in [5, 5.41) is 0. The van der Waals surface area contributed by atoms with Gasteiger partial charge in [0.05, 0.1) is 6.61 Å². The van der Waals surface area contributed by atoms with Gasteiger partial charge in [0.15, 0.2) is 4.93 Å². The highest BCUT2D eigenvalue weighted by molar-refractivity contribution is 7.87. The quantitative estimate of drug-likeness (QED) is 0.306. The fraction of sp³-hybridized carbons (Fsp3) is 0.700. The number of hydrogen-bond donors (Lipinski definition) is 1. The number of hydrogen-bond acceptors (Lipinski definition) is 5. The molecule has 0 radical (unpaired) electrons. The molecule has 17 heavy (non-hydrogen) atoms. The van der Waals surface area contributed by atoms with Crippen molar-refractivity contribution in [1.82, 2.24) is 0 Å². The molecule has 100 valence electrons. The molecule has 0 aromatic carbocycles. The van der Waals surface area contributed by atoms with Crippen LogP contribution in [0.2, 0.25) is 0 Å². The van der Waals surface area contributed by atoms with E-state index >= 15 is 0 Å². The molecule has 0 bridgehead atoms. The Hall–Kier alpha value is -0.920. The van der Waals surface area contributed by atoms with Gasteiger partial charge in [0.25, 0.3) is 10.1 Å². The van der Waals surface area contributed by atoms with Gasteiger partial charge in [0.2, 0.25) is 0 Å². The summed E-state index contributed by atoms with van der Waals surface area (Å²) in [6.07, 6.45) is 1.68. The van der Waals surface area contributed by atoms with E-state index in [9.17, 15) is 13.2 Å². The summed E-state index contributed by atoms with van der Waals surface area (Å²) in [6.45, 7) is 6.04. The van der Waals surface area contributed by atoms with Crippen LogP contribution in [0.1, 0.15) is 26.7 Å². The van der Waals surface area contributed by atoms with E-state index in [1.165, 1.54) is 6.92 Å². The van der Waals surface area contributed by atoms with Crippen molar-refractivity contribution >= 4 is 16.1 Å². The van der Waals surface area contributed by atoms with Crippen LogP contribution >= 0.6 is 0 Å².